The fourth-order valence-corrected chi connectivity index (χ4v) is 3.76. The van der Waals surface area contributed by atoms with E-state index in [-0.39, 0.29) is 23.4 Å². The minimum absolute atomic E-state index is 0.0306. The Hall–Kier alpha value is -3.58. The molecule has 0 spiro atoms. The van der Waals surface area contributed by atoms with Gasteiger partial charge in [-0.1, -0.05) is 23.7 Å². The van der Waals surface area contributed by atoms with Gasteiger partial charge in [0.1, 0.15) is 17.1 Å². The summed E-state index contributed by atoms with van der Waals surface area (Å²) in [5.74, 6) is -1.79. The Morgan fingerprint density at radius 2 is 1.97 bits per heavy atom. The van der Waals surface area contributed by atoms with E-state index in [1.165, 1.54) is 6.07 Å². The number of alkyl halides is 3. The lowest BCUT2D eigenvalue weighted by atomic mass is 9.99. The summed E-state index contributed by atoms with van der Waals surface area (Å²) < 4.78 is 44.5. The third kappa shape index (κ3) is 5.57. The Labute approximate surface area is 203 Å². The lowest BCUT2D eigenvalue weighted by Crippen LogP contribution is -2.52. The summed E-state index contributed by atoms with van der Waals surface area (Å²) in [7, 11) is 0. The maximum Gasteiger partial charge on any atom is 0.416 e. The molecule has 2 amide bonds. The molecule has 1 saturated carbocycles. The van der Waals surface area contributed by atoms with Gasteiger partial charge in [-0.15, -0.1) is 0 Å². The van der Waals surface area contributed by atoms with Crippen molar-refractivity contribution in [2.24, 2.45) is 0 Å². The summed E-state index contributed by atoms with van der Waals surface area (Å²) >= 11 is 6.01. The fraction of sp³-hybridized carbons (Fsp3) is 0.333. The van der Waals surface area contributed by atoms with Crippen LogP contribution in [0.15, 0.2) is 46.9 Å². The lowest BCUT2D eigenvalue weighted by Gasteiger charge is -2.21. The van der Waals surface area contributed by atoms with Crippen LogP contribution in [0.2, 0.25) is 5.02 Å². The van der Waals surface area contributed by atoms with Crippen molar-refractivity contribution in [1.82, 2.24) is 15.6 Å². The number of nitrogens with one attached hydrogen (secondary N) is 2. The summed E-state index contributed by atoms with van der Waals surface area (Å²) in [6.07, 6.45) is -3.81. The fourth-order valence-electron chi connectivity index (χ4n) is 3.56. The van der Waals surface area contributed by atoms with Crippen molar-refractivity contribution >= 4 is 34.5 Å². The van der Waals surface area contributed by atoms with Crippen molar-refractivity contribution in [2.45, 2.75) is 49.9 Å². The Balaban J connectivity index is 1.57. The van der Waals surface area contributed by atoms with Gasteiger partial charge >= 0.3 is 6.18 Å². The zero-order valence-corrected chi connectivity index (χ0v) is 19.2. The molecule has 1 fully saturated rings. The highest BCUT2D eigenvalue weighted by molar-refractivity contribution is 6.30. The van der Waals surface area contributed by atoms with Gasteiger partial charge in [-0.3, -0.25) is 9.59 Å². The van der Waals surface area contributed by atoms with Crippen LogP contribution in [0.4, 0.5) is 13.2 Å². The predicted octanol–water partition coefficient (Wildman–Crippen LogP) is 4.50. The molecule has 1 heterocycles. The van der Waals surface area contributed by atoms with Gasteiger partial charge in [0.2, 0.25) is 11.8 Å². The minimum Gasteiger partial charge on any atom is -0.441 e. The molecular formula is C24H20ClF3N4O3. The van der Waals surface area contributed by atoms with E-state index >= 15 is 0 Å². The number of aromatic nitrogens is 1. The van der Waals surface area contributed by atoms with Crippen LogP contribution in [0, 0.1) is 11.3 Å². The zero-order valence-electron chi connectivity index (χ0n) is 18.4. The third-order valence-corrected chi connectivity index (χ3v) is 6.08. The largest absolute Gasteiger partial charge is 0.441 e. The average Bonchev–Trinajstić information content (AvgIpc) is 3.46. The van der Waals surface area contributed by atoms with Crippen molar-refractivity contribution in [1.29, 1.82) is 5.26 Å². The van der Waals surface area contributed by atoms with Crippen molar-refractivity contribution in [3.05, 3.63) is 64.5 Å². The number of oxazole rings is 1. The van der Waals surface area contributed by atoms with Crippen molar-refractivity contribution in [3.8, 4) is 6.07 Å². The van der Waals surface area contributed by atoms with E-state index in [2.05, 4.69) is 15.6 Å². The molecule has 1 aromatic heterocycles. The van der Waals surface area contributed by atoms with Gasteiger partial charge in [0, 0.05) is 5.02 Å². The van der Waals surface area contributed by atoms with E-state index in [1.807, 2.05) is 6.07 Å². The second kappa shape index (κ2) is 9.23. The predicted molar refractivity (Wildman–Crippen MR) is 120 cm³/mol. The molecule has 3 aromatic rings. The molecule has 1 aliphatic rings. The first-order valence-electron chi connectivity index (χ1n) is 10.8. The number of nitrogens with zero attached hydrogens (tertiary/aromatic N) is 2. The van der Waals surface area contributed by atoms with E-state index < -0.39 is 41.1 Å². The van der Waals surface area contributed by atoms with Crippen LogP contribution < -0.4 is 10.6 Å². The molecule has 182 valence electrons. The first-order chi connectivity index (χ1) is 16.5. The van der Waals surface area contributed by atoms with Crippen LogP contribution in [-0.4, -0.2) is 28.4 Å². The monoisotopic (exact) mass is 504 g/mol. The molecule has 0 saturated heterocycles. The molecular weight excluding hydrogens is 485 g/mol. The number of nitriles is 1. The molecule has 2 N–H and O–H groups in total. The first-order valence-corrected chi connectivity index (χ1v) is 11.1. The Morgan fingerprint density at radius 1 is 1.23 bits per heavy atom. The molecule has 11 heteroatoms. The molecule has 0 bridgehead atoms. The van der Waals surface area contributed by atoms with Gasteiger partial charge in [-0.2, -0.15) is 18.4 Å². The van der Waals surface area contributed by atoms with Crippen LogP contribution in [-0.2, 0) is 22.2 Å². The molecule has 0 aliphatic heterocycles. The summed E-state index contributed by atoms with van der Waals surface area (Å²) in [5, 5.41) is 15.1. The Bertz CT molecular complexity index is 1330. The van der Waals surface area contributed by atoms with E-state index in [9.17, 15) is 28.0 Å². The standard InChI is InChI=1S/C24H20ClF3N4O3/c1-13(14-3-2-4-16(25)9-14)21(33)31-18(22(34)32-23(12-29)7-8-23)11-20-30-17-6-5-15(24(26,27)28)10-19(17)35-20/h2-6,9-10,13,18H,7-8,11H2,1H3,(H,31,33)(H,32,34)/t13-,18?/m0/s1. The van der Waals surface area contributed by atoms with Crippen LogP contribution >= 0.6 is 11.6 Å². The van der Waals surface area contributed by atoms with Crippen LogP contribution in [0.25, 0.3) is 11.1 Å². The maximum absolute atomic E-state index is 13.0. The second-order valence-corrected chi connectivity index (χ2v) is 8.95. The quantitative estimate of drug-likeness (QED) is 0.492. The zero-order chi connectivity index (χ0) is 25.4. The summed E-state index contributed by atoms with van der Waals surface area (Å²) in [5.41, 5.74) is -1.16. The molecule has 0 radical (unpaired) electrons. The molecule has 2 atom stereocenters. The number of amides is 2. The number of hydrogen-bond donors (Lipinski definition) is 2. The Kier molecular flexibility index (Phi) is 6.47. The smallest absolute Gasteiger partial charge is 0.416 e. The van der Waals surface area contributed by atoms with E-state index in [1.54, 1.807) is 31.2 Å². The molecule has 7 nitrogen and oxygen atoms in total. The molecule has 1 unspecified atom stereocenters. The Morgan fingerprint density at radius 3 is 2.60 bits per heavy atom. The van der Waals surface area contributed by atoms with Gasteiger partial charge in [-0.25, -0.2) is 4.98 Å². The summed E-state index contributed by atoms with van der Waals surface area (Å²) in [4.78, 5) is 30.1. The second-order valence-electron chi connectivity index (χ2n) is 8.51. The number of carbonyl (C=O) groups is 2. The van der Waals surface area contributed by atoms with Gasteiger partial charge < -0.3 is 15.1 Å². The number of benzene rings is 2. The van der Waals surface area contributed by atoms with Gasteiger partial charge in [-0.05, 0) is 55.7 Å². The van der Waals surface area contributed by atoms with E-state index in [0.29, 0.717) is 23.4 Å². The first kappa shape index (κ1) is 24.5. The van der Waals surface area contributed by atoms with Crippen LogP contribution in [0.1, 0.15) is 42.7 Å². The molecule has 1 aliphatic carbocycles. The number of carbonyl (C=O) groups excluding carboxylic acids is 2. The summed E-state index contributed by atoms with van der Waals surface area (Å²) in [6.45, 7) is 1.64. The highest BCUT2D eigenvalue weighted by atomic mass is 35.5. The van der Waals surface area contributed by atoms with E-state index in [0.717, 1.165) is 12.1 Å². The van der Waals surface area contributed by atoms with Crippen molar-refractivity contribution < 1.29 is 27.2 Å². The molecule has 35 heavy (non-hydrogen) atoms. The molecule has 4 rings (SSSR count). The third-order valence-electron chi connectivity index (χ3n) is 5.84. The maximum atomic E-state index is 13.0. The van der Waals surface area contributed by atoms with Gasteiger partial charge in [0.15, 0.2) is 11.5 Å². The minimum atomic E-state index is -4.55. The van der Waals surface area contributed by atoms with Crippen LogP contribution in [0.3, 0.4) is 0 Å². The number of rotatable bonds is 7. The average molecular weight is 505 g/mol. The summed E-state index contributed by atoms with van der Waals surface area (Å²) in [6, 6.07) is 10.5. The van der Waals surface area contributed by atoms with Crippen molar-refractivity contribution in [2.75, 3.05) is 0 Å². The highest BCUT2D eigenvalue weighted by Crippen LogP contribution is 2.35. The molecule has 2 aromatic carbocycles. The highest BCUT2D eigenvalue weighted by Gasteiger charge is 2.46. The number of halogens is 4. The van der Waals surface area contributed by atoms with Gasteiger partial charge in [0.25, 0.3) is 0 Å². The van der Waals surface area contributed by atoms with Crippen molar-refractivity contribution in [3.63, 3.8) is 0 Å². The number of hydrogen-bond acceptors (Lipinski definition) is 5. The topological polar surface area (TPSA) is 108 Å². The number of fused-ring (bicyclic) bond motifs is 1. The van der Waals surface area contributed by atoms with Crippen LogP contribution in [0.5, 0.6) is 0 Å². The normalized spacial score (nSPS) is 16.2. The van der Waals surface area contributed by atoms with E-state index in [4.69, 9.17) is 16.0 Å². The van der Waals surface area contributed by atoms with Gasteiger partial charge in [0.05, 0.1) is 24.0 Å². The lowest BCUT2D eigenvalue weighted by molar-refractivity contribution is -0.137. The SMILES string of the molecule is C[C@H](C(=O)NC(Cc1nc2ccc(C(F)(F)F)cc2o1)C(=O)NC1(C#N)CC1)c1cccc(Cl)c1.